The molecule has 0 saturated carbocycles. The predicted molar refractivity (Wildman–Crippen MR) is 71.3 cm³/mol. The van der Waals surface area contributed by atoms with Crippen molar-refractivity contribution in [1.29, 1.82) is 0 Å². The molecule has 0 bridgehead atoms. The molecule has 0 spiro atoms. The van der Waals surface area contributed by atoms with Crippen LogP contribution in [-0.2, 0) is 0 Å². The van der Waals surface area contributed by atoms with Crippen molar-refractivity contribution < 1.29 is 14.8 Å². The third-order valence-corrected chi connectivity index (χ3v) is 2.95. The van der Waals surface area contributed by atoms with Crippen LogP contribution in [0.1, 0.15) is 24.2 Å². The van der Waals surface area contributed by atoms with Gasteiger partial charge >= 0.3 is 0 Å². The maximum atomic E-state index is 12.0. The van der Waals surface area contributed by atoms with Crippen LogP contribution in [0, 0.1) is 16.0 Å². The van der Waals surface area contributed by atoms with E-state index in [9.17, 15) is 14.9 Å². The quantitative estimate of drug-likeness (QED) is 0.639. The number of hydrogen-bond donors (Lipinski definition) is 2. The van der Waals surface area contributed by atoms with Crippen molar-refractivity contribution in [2.45, 2.75) is 19.9 Å². The Bertz CT molecular complexity index is 491. The highest BCUT2D eigenvalue weighted by molar-refractivity contribution is 6.31. The van der Waals surface area contributed by atoms with E-state index in [1.807, 2.05) is 13.8 Å². The lowest BCUT2D eigenvalue weighted by Crippen LogP contribution is -2.41. The summed E-state index contributed by atoms with van der Waals surface area (Å²) in [5.74, 6) is -0.617. The number of nitro groups is 1. The number of aliphatic hydroxyl groups excluding tert-OH is 1. The summed E-state index contributed by atoms with van der Waals surface area (Å²) in [6, 6.07) is 3.30. The molecule has 1 aromatic carbocycles. The van der Waals surface area contributed by atoms with Gasteiger partial charge in [-0.2, -0.15) is 0 Å². The zero-order chi connectivity index (χ0) is 14.6. The number of carbonyl (C=O) groups excluding carboxylic acids is 1. The molecule has 0 saturated heterocycles. The molecule has 1 rings (SSSR count). The van der Waals surface area contributed by atoms with Crippen molar-refractivity contribution in [3.05, 3.63) is 38.9 Å². The fraction of sp³-hybridized carbons (Fsp3) is 0.417. The molecule has 0 aliphatic heterocycles. The van der Waals surface area contributed by atoms with Crippen LogP contribution in [0.25, 0.3) is 0 Å². The lowest BCUT2D eigenvalue weighted by Gasteiger charge is -2.19. The molecule has 6 nitrogen and oxygen atoms in total. The second-order valence-corrected chi connectivity index (χ2v) is 4.86. The summed E-state index contributed by atoms with van der Waals surface area (Å²) in [7, 11) is 0. The van der Waals surface area contributed by atoms with Gasteiger partial charge in [-0.1, -0.05) is 25.4 Å². The summed E-state index contributed by atoms with van der Waals surface area (Å²) in [6.07, 6.45) is 0. The third kappa shape index (κ3) is 3.90. The van der Waals surface area contributed by atoms with Crippen LogP contribution in [0.3, 0.4) is 0 Å². The molecule has 2 N–H and O–H groups in total. The Morgan fingerprint density at radius 2 is 2.16 bits per heavy atom. The van der Waals surface area contributed by atoms with E-state index < -0.39 is 16.9 Å². The topological polar surface area (TPSA) is 92.5 Å². The van der Waals surface area contributed by atoms with Gasteiger partial charge in [0.2, 0.25) is 0 Å². The van der Waals surface area contributed by atoms with Gasteiger partial charge in [0.15, 0.2) is 0 Å². The molecule has 19 heavy (non-hydrogen) atoms. The number of amides is 1. The highest BCUT2D eigenvalue weighted by Crippen LogP contribution is 2.22. The molecule has 1 atom stereocenters. The maximum absolute atomic E-state index is 12.0. The first-order chi connectivity index (χ1) is 8.86. The summed E-state index contributed by atoms with van der Waals surface area (Å²) in [5, 5.41) is 22.8. The van der Waals surface area contributed by atoms with E-state index in [2.05, 4.69) is 5.32 Å². The van der Waals surface area contributed by atoms with Crippen molar-refractivity contribution in [2.75, 3.05) is 6.61 Å². The normalized spacial score (nSPS) is 12.3. The standard InChI is InChI=1S/C12H15ClN2O4/c1-7(2)10(6-16)14-12(17)9-5-8(13)3-4-11(9)15(18)19/h3-5,7,10,16H,6H2,1-2H3,(H,14,17)/t10-/m1/s1. The highest BCUT2D eigenvalue weighted by atomic mass is 35.5. The van der Waals surface area contributed by atoms with Crippen LogP contribution < -0.4 is 5.32 Å². The van der Waals surface area contributed by atoms with Crippen molar-refractivity contribution in [2.24, 2.45) is 5.92 Å². The Morgan fingerprint density at radius 1 is 1.53 bits per heavy atom. The zero-order valence-corrected chi connectivity index (χ0v) is 11.3. The van der Waals surface area contributed by atoms with Crippen LogP contribution >= 0.6 is 11.6 Å². The van der Waals surface area contributed by atoms with E-state index >= 15 is 0 Å². The molecular formula is C12H15ClN2O4. The molecule has 1 aromatic rings. The smallest absolute Gasteiger partial charge is 0.282 e. The third-order valence-electron chi connectivity index (χ3n) is 2.72. The Morgan fingerprint density at radius 3 is 2.63 bits per heavy atom. The Hall–Kier alpha value is -1.66. The lowest BCUT2D eigenvalue weighted by atomic mass is 10.0. The molecule has 104 valence electrons. The average Bonchev–Trinajstić information content (AvgIpc) is 2.34. The first kappa shape index (κ1) is 15.4. The molecule has 0 heterocycles. The van der Waals surface area contributed by atoms with Gasteiger partial charge in [-0.15, -0.1) is 0 Å². The maximum Gasteiger partial charge on any atom is 0.282 e. The van der Waals surface area contributed by atoms with Gasteiger partial charge in [-0.05, 0) is 18.1 Å². The number of carbonyl (C=O) groups is 1. The monoisotopic (exact) mass is 286 g/mol. The summed E-state index contributed by atoms with van der Waals surface area (Å²) in [6.45, 7) is 3.42. The number of benzene rings is 1. The van der Waals surface area contributed by atoms with Gasteiger partial charge in [-0.3, -0.25) is 14.9 Å². The summed E-state index contributed by atoms with van der Waals surface area (Å²) >= 11 is 5.75. The summed E-state index contributed by atoms with van der Waals surface area (Å²) < 4.78 is 0. The van der Waals surface area contributed by atoms with E-state index in [0.717, 1.165) is 0 Å². The van der Waals surface area contributed by atoms with E-state index in [0.29, 0.717) is 0 Å². The van der Waals surface area contributed by atoms with E-state index in [4.69, 9.17) is 16.7 Å². The van der Waals surface area contributed by atoms with E-state index in [1.54, 1.807) is 0 Å². The van der Waals surface area contributed by atoms with Crippen molar-refractivity contribution in [3.63, 3.8) is 0 Å². The van der Waals surface area contributed by atoms with Gasteiger partial charge in [-0.25, -0.2) is 0 Å². The SMILES string of the molecule is CC(C)[C@@H](CO)NC(=O)c1cc(Cl)ccc1[N+](=O)[O-]. The van der Waals surface area contributed by atoms with Gasteiger partial charge in [0.1, 0.15) is 5.56 Å². The molecule has 1 amide bonds. The molecule has 0 radical (unpaired) electrons. The van der Waals surface area contributed by atoms with Crippen molar-refractivity contribution in [1.82, 2.24) is 5.32 Å². The van der Waals surface area contributed by atoms with Crippen LogP contribution in [0.2, 0.25) is 5.02 Å². The van der Waals surface area contributed by atoms with Crippen LogP contribution in [0.15, 0.2) is 18.2 Å². The van der Waals surface area contributed by atoms with E-state index in [-0.39, 0.29) is 28.8 Å². The number of nitrogens with zero attached hydrogens (tertiary/aromatic N) is 1. The number of aliphatic hydroxyl groups is 1. The lowest BCUT2D eigenvalue weighted by molar-refractivity contribution is -0.385. The number of rotatable bonds is 5. The molecule has 0 aliphatic carbocycles. The fourth-order valence-corrected chi connectivity index (χ4v) is 1.69. The minimum atomic E-state index is -0.644. The number of nitrogens with one attached hydrogen (secondary N) is 1. The molecule has 0 aromatic heterocycles. The fourth-order valence-electron chi connectivity index (χ4n) is 1.52. The van der Waals surface area contributed by atoms with Gasteiger partial charge in [0.25, 0.3) is 11.6 Å². The van der Waals surface area contributed by atoms with Crippen molar-refractivity contribution >= 4 is 23.2 Å². The number of halogens is 1. The van der Waals surface area contributed by atoms with Crippen molar-refractivity contribution in [3.8, 4) is 0 Å². The zero-order valence-electron chi connectivity index (χ0n) is 10.6. The minimum absolute atomic E-state index is 0.00666. The highest BCUT2D eigenvalue weighted by Gasteiger charge is 2.23. The Kier molecular flexibility index (Phi) is 5.26. The average molecular weight is 287 g/mol. The summed E-state index contributed by atoms with van der Waals surface area (Å²) in [5.41, 5.74) is -0.432. The largest absolute Gasteiger partial charge is 0.394 e. The van der Waals surface area contributed by atoms with E-state index in [1.165, 1.54) is 18.2 Å². The molecule has 0 fully saturated rings. The first-order valence-corrected chi connectivity index (χ1v) is 6.10. The predicted octanol–water partition coefficient (Wildman–Crippen LogP) is 1.99. The molecule has 7 heteroatoms. The number of hydrogen-bond acceptors (Lipinski definition) is 4. The molecule has 0 aliphatic rings. The van der Waals surface area contributed by atoms with Gasteiger partial charge in [0.05, 0.1) is 17.6 Å². The minimum Gasteiger partial charge on any atom is -0.394 e. The molecular weight excluding hydrogens is 272 g/mol. The summed E-state index contributed by atoms with van der Waals surface area (Å²) in [4.78, 5) is 22.2. The first-order valence-electron chi connectivity index (χ1n) is 5.72. The van der Waals surface area contributed by atoms with Crippen LogP contribution in [0.5, 0.6) is 0 Å². The van der Waals surface area contributed by atoms with Crippen LogP contribution in [0.4, 0.5) is 5.69 Å². The molecule has 0 unspecified atom stereocenters. The van der Waals surface area contributed by atoms with Crippen LogP contribution in [-0.4, -0.2) is 28.6 Å². The van der Waals surface area contributed by atoms with Gasteiger partial charge < -0.3 is 10.4 Å². The van der Waals surface area contributed by atoms with Gasteiger partial charge in [0, 0.05) is 11.1 Å². The second-order valence-electron chi connectivity index (χ2n) is 4.43. The Labute approximate surface area is 115 Å². The second kappa shape index (κ2) is 6.49. The number of nitro benzene ring substituents is 1. The Balaban J connectivity index is 3.05.